The van der Waals surface area contributed by atoms with Gasteiger partial charge < -0.3 is 20.5 Å². The number of thiophene rings is 1. The number of nitrogen functional groups attached to an aromatic ring is 1. The minimum atomic E-state index is -0.649. The molecule has 30 heavy (non-hydrogen) atoms. The Kier molecular flexibility index (Phi) is 5.79. The second-order valence-corrected chi connectivity index (χ2v) is 9.34. The van der Waals surface area contributed by atoms with E-state index in [1.807, 2.05) is 42.5 Å². The van der Waals surface area contributed by atoms with E-state index in [9.17, 15) is 10.0 Å². The summed E-state index contributed by atoms with van der Waals surface area (Å²) in [6, 6.07) is 10.7. The quantitative estimate of drug-likeness (QED) is 0.472. The number of quaternary nitrogens is 1. The third-order valence-electron chi connectivity index (χ3n) is 5.63. The van der Waals surface area contributed by atoms with Crippen molar-refractivity contribution < 1.29 is 9.44 Å². The summed E-state index contributed by atoms with van der Waals surface area (Å²) in [5.41, 5.74) is 8.44. The molecule has 156 valence electrons. The van der Waals surface area contributed by atoms with Gasteiger partial charge in [0.25, 0.3) is 5.91 Å². The van der Waals surface area contributed by atoms with Gasteiger partial charge in [-0.05, 0) is 48.9 Å². The number of benzene rings is 1. The third kappa shape index (κ3) is 4.20. The van der Waals surface area contributed by atoms with E-state index < -0.39 is 10.7 Å². The fourth-order valence-electron chi connectivity index (χ4n) is 3.77. The van der Waals surface area contributed by atoms with Crippen molar-refractivity contribution in [3.8, 4) is 0 Å². The number of halogens is 1. The minimum absolute atomic E-state index is 0.121. The van der Waals surface area contributed by atoms with E-state index in [0.29, 0.717) is 29.7 Å². The molecule has 3 aromatic rings. The Labute approximate surface area is 184 Å². The van der Waals surface area contributed by atoms with Gasteiger partial charge >= 0.3 is 0 Å². The summed E-state index contributed by atoms with van der Waals surface area (Å²) in [7, 11) is 0. The molecule has 0 spiro atoms. The van der Waals surface area contributed by atoms with Crippen LogP contribution in [0.25, 0.3) is 17.0 Å². The molecule has 0 radical (unpaired) electrons. The fraction of sp³-hybridized carbons (Fsp3) is 0.273. The normalized spacial score (nSPS) is 22.3. The first-order chi connectivity index (χ1) is 14.4. The number of aromatic nitrogens is 1. The number of nitrogens with two attached hydrogens (primary N) is 1. The molecule has 8 heteroatoms. The van der Waals surface area contributed by atoms with Crippen LogP contribution < -0.4 is 5.73 Å². The third-order valence-corrected chi connectivity index (χ3v) is 6.82. The summed E-state index contributed by atoms with van der Waals surface area (Å²) >= 11 is 7.40. The van der Waals surface area contributed by atoms with Crippen molar-refractivity contribution in [3.05, 3.63) is 68.7 Å². The van der Waals surface area contributed by atoms with Crippen molar-refractivity contribution in [2.45, 2.75) is 19.5 Å². The van der Waals surface area contributed by atoms with Gasteiger partial charge in [-0.3, -0.25) is 9.78 Å². The lowest BCUT2D eigenvalue weighted by Crippen LogP contribution is -2.64. The van der Waals surface area contributed by atoms with Crippen LogP contribution in [0, 0.1) is 5.21 Å². The Morgan fingerprint density at radius 2 is 2.20 bits per heavy atom. The van der Waals surface area contributed by atoms with Gasteiger partial charge in [0.2, 0.25) is 0 Å². The zero-order valence-corrected chi connectivity index (χ0v) is 18.2. The van der Waals surface area contributed by atoms with Crippen LogP contribution in [-0.2, 0) is 11.3 Å². The van der Waals surface area contributed by atoms with Crippen molar-refractivity contribution in [2.24, 2.45) is 0 Å². The predicted octanol–water partition coefficient (Wildman–Crippen LogP) is 4.29. The van der Waals surface area contributed by atoms with Gasteiger partial charge in [-0.25, -0.2) is 0 Å². The van der Waals surface area contributed by atoms with Crippen LogP contribution in [0.15, 0.2) is 48.7 Å². The van der Waals surface area contributed by atoms with Gasteiger partial charge in [-0.1, -0.05) is 23.7 Å². The summed E-state index contributed by atoms with van der Waals surface area (Å²) < 4.78 is 0.171. The van der Waals surface area contributed by atoms with Crippen LogP contribution in [0.2, 0.25) is 4.34 Å². The maximum atomic E-state index is 13.3. The molecule has 2 atom stereocenters. The number of hydrogen-bond acceptors (Lipinski definition) is 5. The lowest BCUT2D eigenvalue weighted by atomic mass is 10.1. The maximum absolute atomic E-state index is 13.3. The monoisotopic (exact) mass is 442 g/mol. The van der Waals surface area contributed by atoms with Gasteiger partial charge in [-0.2, -0.15) is 0 Å². The molecular formula is C22H23ClN4O2S. The number of carbonyl (C=O) groups excluding carboxylic acids is 1. The first-order valence-electron chi connectivity index (χ1n) is 9.77. The highest BCUT2D eigenvalue weighted by Gasteiger charge is 2.38. The van der Waals surface area contributed by atoms with Crippen LogP contribution >= 0.6 is 22.9 Å². The van der Waals surface area contributed by atoms with E-state index in [1.54, 1.807) is 24.1 Å². The molecule has 2 unspecified atom stereocenters. The molecule has 0 bridgehead atoms. The van der Waals surface area contributed by atoms with Crippen LogP contribution in [0.5, 0.6) is 0 Å². The van der Waals surface area contributed by atoms with Crippen LogP contribution in [0.4, 0.5) is 5.69 Å². The van der Waals surface area contributed by atoms with E-state index in [0.717, 1.165) is 21.3 Å². The number of pyridine rings is 1. The smallest absolute Gasteiger partial charge is 0.281 e. The number of carbonyl (C=O) groups is 1. The second kappa shape index (κ2) is 8.35. The molecule has 0 saturated carbocycles. The molecule has 3 heterocycles. The molecule has 1 amide bonds. The molecule has 2 N–H and O–H groups in total. The summed E-state index contributed by atoms with van der Waals surface area (Å²) in [4.78, 5) is 20.1. The highest BCUT2D eigenvalue weighted by Crippen LogP contribution is 2.26. The number of hydrogen-bond donors (Lipinski definition) is 1. The van der Waals surface area contributed by atoms with Crippen molar-refractivity contribution in [2.75, 3.05) is 25.4 Å². The lowest BCUT2D eigenvalue weighted by molar-refractivity contribution is -0.892. The van der Waals surface area contributed by atoms with E-state index in [4.69, 9.17) is 17.3 Å². The zero-order chi connectivity index (χ0) is 21.3. The molecule has 6 nitrogen and oxygen atoms in total. The average molecular weight is 443 g/mol. The molecule has 1 aliphatic rings. The molecule has 1 saturated heterocycles. The van der Waals surface area contributed by atoms with Gasteiger partial charge in [0.15, 0.2) is 6.04 Å². The zero-order valence-electron chi connectivity index (χ0n) is 16.6. The number of rotatable bonds is 5. The van der Waals surface area contributed by atoms with Crippen LogP contribution in [0.1, 0.15) is 17.4 Å². The SMILES string of the molecule is CC1C(=O)N(Cc2ccc3c(N)ccnc3c2)CC[N+]1([O-])C/C=C/c1ccc(Cl)s1. The number of anilines is 1. The Hall–Kier alpha value is -2.45. The van der Waals surface area contributed by atoms with Gasteiger partial charge in [-0.15, -0.1) is 11.3 Å². The predicted molar refractivity (Wildman–Crippen MR) is 123 cm³/mol. The van der Waals surface area contributed by atoms with E-state index in [1.165, 1.54) is 11.3 Å². The summed E-state index contributed by atoms with van der Waals surface area (Å²) in [6.07, 6.45) is 5.41. The fourth-order valence-corrected chi connectivity index (χ4v) is 4.76. The lowest BCUT2D eigenvalue weighted by Gasteiger charge is -2.51. The number of amides is 1. The Morgan fingerprint density at radius 1 is 1.37 bits per heavy atom. The molecule has 0 aliphatic carbocycles. The molecular weight excluding hydrogens is 420 g/mol. The molecule has 1 aromatic carbocycles. The summed E-state index contributed by atoms with van der Waals surface area (Å²) in [6.45, 7) is 3.23. The average Bonchev–Trinajstić information content (AvgIpc) is 3.14. The first-order valence-corrected chi connectivity index (χ1v) is 11.0. The molecule has 1 fully saturated rings. The second-order valence-electron chi connectivity index (χ2n) is 7.59. The Bertz CT molecular complexity index is 1120. The largest absolute Gasteiger partial charge is 0.632 e. The van der Waals surface area contributed by atoms with Gasteiger partial charge in [0.05, 0.1) is 29.5 Å². The van der Waals surface area contributed by atoms with Crippen molar-refractivity contribution >= 4 is 51.5 Å². The molecule has 4 rings (SSSR count). The summed E-state index contributed by atoms with van der Waals surface area (Å²) in [5.74, 6) is -0.121. The van der Waals surface area contributed by atoms with Crippen molar-refractivity contribution in [1.29, 1.82) is 0 Å². The standard InChI is InChI=1S/C22H23ClN4O2S/c1-15-22(28)26(14-16-4-6-18-19(24)8-9-25-20(18)13-16)10-12-27(15,29)11-2-3-17-5-7-21(23)30-17/h2-9,13,15H,10-12,14H2,1H3,(H2,24,25)/b3-2+. The van der Waals surface area contributed by atoms with Crippen molar-refractivity contribution in [1.82, 2.24) is 9.88 Å². The molecule has 2 aromatic heterocycles. The van der Waals surface area contributed by atoms with E-state index in [2.05, 4.69) is 4.98 Å². The number of piperazine rings is 1. The Balaban J connectivity index is 1.43. The van der Waals surface area contributed by atoms with Gasteiger partial charge in [0, 0.05) is 28.7 Å². The maximum Gasteiger partial charge on any atom is 0.281 e. The summed E-state index contributed by atoms with van der Waals surface area (Å²) in [5, 5.41) is 14.2. The first kappa shape index (κ1) is 20.8. The van der Waals surface area contributed by atoms with E-state index in [-0.39, 0.29) is 12.5 Å². The number of nitrogens with zero attached hydrogens (tertiary/aromatic N) is 3. The highest BCUT2D eigenvalue weighted by molar-refractivity contribution is 7.16. The van der Waals surface area contributed by atoms with Crippen LogP contribution in [0.3, 0.4) is 0 Å². The number of fused-ring (bicyclic) bond motifs is 1. The molecule has 1 aliphatic heterocycles. The van der Waals surface area contributed by atoms with E-state index >= 15 is 0 Å². The highest BCUT2D eigenvalue weighted by atomic mass is 35.5. The topological polar surface area (TPSA) is 82.3 Å². The number of hydroxylamine groups is 3. The van der Waals surface area contributed by atoms with Crippen molar-refractivity contribution in [3.63, 3.8) is 0 Å². The van der Waals surface area contributed by atoms with Gasteiger partial charge in [0.1, 0.15) is 0 Å². The Morgan fingerprint density at radius 3 is 2.97 bits per heavy atom. The minimum Gasteiger partial charge on any atom is -0.632 e. The van der Waals surface area contributed by atoms with Crippen LogP contribution in [-0.4, -0.2) is 46.1 Å².